The first-order chi connectivity index (χ1) is 13.9. The zero-order chi connectivity index (χ0) is 18.5. The van der Waals surface area contributed by atoms with Crippen molar-refractivity contribution in [3.63, 3.8) is 0 Å². The van der Waals surface area contributed by atoms with Crippen LogP contribution in [-0.2, 0) is 12.8 Å². The lowest BCUT2D eigenvalue weighted by molar-refractivity contribution is 0.690. The van der Waals surface area contributed by atoms with Crippen molar-refractivity contribution >= 4 is 32.3 Å². The van der Waals surface area contributed by atoms with Crippen LogP contribution in [0.1, 0.15) is 24.0 Å². The highest BCUT2D eigenvalue weighted by atomic mass is 14.7. The smallest absolute Gasteiger partial charge is 0.0780 e. The van der Waals surface area contributed by atoms with Crippen molar-refractivity contribution in [3.05, 3.63) is 90.1 Å². The standard InChI is InChI=1S/C27H21N.H3N/c1-3-7-22-18(5-1)9-13-26-23-12-11-21(17-20(23)10-14-25(22)26)27-24-8-4-2-6-19(24)15-16-28-27;/h2,4,6,8-17H,1,3,5,7H2;1H3. The molecule has 0 unspecified atom stereocenters. The van der Waals surface area contributed by atoms with Crippen LogP contribution in [0, 0.1) is 0 Å². The lowest BCUT2D eigenvalue weighted by Crippen LogP contribution is -2.03. The molecule has 1 aliphatic carbocycles. The Morgan fingerprint density at radius 2 is 1.45 bits per heavy atom. The van der Waals surface area contributed by atoms with Crippen LogP contribution in [0.25, 0.3) is 43.6 Å². The third-order valence-corrected chi connectivity index (χ3v) is 6.30. The van der Waals surface area contributed by atoms with Crippen LogP contribution in [0.15, 0.2) is 79.0 Å². The van der Waals surface area contributed by atoms with Crippen LogP contribution in [0.4, 0.5) is 0 Å². The van der Waals surface area contributed by atoms with Gasteiger partial charge in [-0.1, -0.05) is 60.7 Å². The molecule has 6 rings (SSSR count). The van der Waals surface area contributed by atoms with Crippen LogP contribution in [0.2, 0.25) is 0 Å². The molecule has 0 radical (unpaired) electrons. The van der Waals surface area contributed by atoms with E-state index in [1.807, 2.05) is 6.20 Å². The maximum atomic E-state index is 4.70. The van der Waals surface area contributed by atoms with Crippen LogP contribution in [0.5, 0.6) is 0 Å². The summed E-state index contributed by atoms with van der Waals surface area (Å²) in [4.78, 5) is 4.70. The summed E-state index contributed by atoms with van der Waals surface area (Å²) < 4.78 is 0. The second kappa shape index (κ2) is 6.98. The van der Waals surface area contributed by atoms with Gasteiger partial charge in [-0.25, -0.2) is 0 Å². The Morgan fingerprint density at radius 1 is 0.621 bits per heavy atom. The van der Waals surface area contributed by atoms with Crippen molar-refractivity contribution < 1.29 is 0 Å². The summed E-state index contributed by atoms with van der Waals surface area (Å²) in [5.41, 5.74) is 5.37. The van der Waals surface area contributed by atoms with Gasteiger partial charge in [0.05, 0.1) is 5.69 Å². The summed E-state index contributed by atoms with van der Waals surface area (Å²) in [5.74, 6) is 0. The first-order valence-corrected chi connectivity index (χ1v) is 10.2. The molecule has 4 aromatic carbocycles. The Bertz CT molecular complexity index is 1360. The van der Waals surface area contributed by atoms with Crippen LogP contribution in [0.3, 0.4) is 0 Å². The minimum Gasteiger partial charge on any atom is -0.344 e. The molecule has 29 heavy (non-hydrogen) atoms. The third-order valence-electron chi connectivity index (χ3n) is 6.30. The fourth-order valence-corrected chi connectivity index (χ4v) is 4.90. The molecule has 1 aliphatic rings. The van der Waals surface area contributed by atoms with Crippen molar-refractivity contribution in [2.24, 2.45) is 0 Å². The molecule has 142 valence electrons. The van der Waals surface area contributed by atoms with E-state index in [1.54, 1.807) is 11.1 Å². The number of hydrogen-bond acceptors (Lipinski definition) is 2. The van der Waals surface area contributed by atoms with E-state index >= 15 is 0 Å². The van der Waals surface area contributed by atoms with E-state index in [9.17, 15) is 0 Å². The first kappa shape index (κ1) is 17.8. The highest BCUT2D eigenvalue weighted by Gasteiger charge is 2.14. The van der Waals surface area contributed by atoms with E-state index in [4.69, 9.17) is 4.98 Å². The SMILES string of the molecule is N.c1ccc2c(-c3ccc4c(ccc5c6c(ccc54)CCCC6)c3)nccc2c1. The Morgan fingerprint density at radius 3 is 2.41 bits per heavy atom. The zero-order valence-electron chi connectivity index (χ0n) is 16.5. The minimum atomic E-state index is 0. The normalized spacial score (nSPS) is 13.4. The summed E-state index contributed by atoms with van der Waals surface area (Å²) in [6.07, 6.45) is 7.00. The molecule has 0 aliphatic heterocycles. The summed E-state index contributed by atoms with van der Waals surface area (Å²) in [5, 5.41) is 7.90. The van der Waals surface area contributed by atoms with E-state index in [0.29, 0.717) is 0 Å². The summed E-state index contributed by atoms with van der Waals surface area (Å²) in [6, 6.07) is 26.7. The molecule has 1 aromatic heterocycles. The lowest BCUT2D eigenvalue weighted by Gasteiger charge is -2.19. The van der Waals surface area contributed by atoms with Crippen LogP contribution >= 0.6 is 0 Å². The maximum absolute atomic E-state index is 4.70. The highest BCUT2D eigenvalue weighted by Crippen LogP contribution is 2.35. The predicted molar refractivity (Wildman–Crippen MR) is 124 cm³/mol. The molecule has 0 amide bonds. The van der Waals surface area contributed by atoms with E-state index < -0.39 is 0 Å². The Balaban J connectivity index is 0.00000181. The number of pyridine rings is 1. The van der Waals surface area contributed by atoms with E-state index in [2.05, 4.69) is 72.8 Å². The zero-order valence-corrected chi connectivity index (χ0v) is 16.5. The number of nitrogens with zero attached hydrogens (tertiary/aromatic N) is 1. The fraction of sp³-hybridized carbons (Fsp3) is 0.148. The Labute approximate surface area is 170 Å². The molecule has 2 nitrogen and oxygen atoms in total. The number of rotatable bonds is 1. The molecule has 5 aromatic rings. The third kappa shape index (κ3) is 2.80. The van der Waals surface area contributed by atoms with Gasteiger partial charge in [0.15, 0.2) is 0 Å². The van der Waals surface area contributed by atoms with Crippen molar-refractivity contribution in [1.29, 1.82) is 0 Å². The molecule has 0 spiro atoms. The van der Waals surface area contributed by atoms with Crippen molar-refractivity contribution in [3.8, 4) is 11.3 Å². The van der Waals surface area contributed by atoms with Gasteiger partial charge < -0.3 is 6.15 Å². The van der Waals surface area contributed by atoms with Gasteiger partial charge in [0.25, 0.3) is 0 Å². The second-order valence-electron chi connectivity index (χ2n) is 7.89. The van der Waals surface area contributed by atoms with Gasteiger partial charge in [0.1, 0.15) is 0 Å². The van der Waals surface area contributed by atoms with Gasteiger partial charge in [-0.3, -0.25) is 4.98 Å². The molecule has 3 N–H and O–H groups in total. The number of hydrogen-bond donors (Lipinski definition) is 1. The molecular weight excluding hydrogens is 352 g/mol. The molecule has 0 atom stereocenters. The first-order valence-electron chi connectivity index (χ1n) is 10.2. The monoisotopic (exact) mass is 376 g/mol. The van der Waals surface area contributed by atoms with Gasteiger partial charge in [0, 0.05) is 17.1 Å². The van der Waals surface area contributed by atoms with Crippen molar-refractivity contribution in [1.82, 2.24) is 11.1 Å². The quantitative estimate of drug-likeness (QED) is 0.313. The Hall–Kier alpha value is -3.23. The molecule has 0 saturated carbocycles. The molecular formula is C27H24N2. The number of aryl methyl sites for hydroxylation is 2. The number of fused-ring (bicyclic) bond motifs is 6. The van der Waals surface area contributed by atoms with Crippen molar-refractivity contribution in [2.45, 2.75) is 25.7 Å². The fourth-order valence-electron chi connectivity index (χ4n) is 4.90. The molecule has 1 heterocycles. The lowest BCUT2D eigenvalue weighted by atomic mass is 9.86. The summed E-state index contributed by atoms with van der Waals surface area (Å²) in [6.45, 7) is 0. The van der Waals surface area contributed by atoms with Crippen molar-refractivity contribution in [2.75, 3.05) is 0 Å². The largest absolute Gasteiger partial charge is 0.344 e. The van der Waals surface area contributed by atoms with Gasteiger partial charge in [-0.2, -0.15) is 0 Å². The van der Waals surface area contributed by atoms with E-state index in [-0.39, 0.29) is 6.15 Å². The molecule has 0 bridgehead atoms. The van der Waals surface area contributed by atoms with Gasteiger partial charge in [-0.15, -0.1) is 0 Å². The summed E-state index contributed by atoms with van der Waals surface area (Å²) in [7, 11) is 0. The minimum absolute atomic E-state index is 0. The number of benzene rings is 4. The molecule has 0 fully saturated rings. The van der Waals surface area contributed by atoms with Gasteiger partial charge in [-0.05, 0) is 75.9 Å². The topological polar surface area (TPSA) is 47.9 Å². The second-order valence-corrected chi connectivity index (χ2v) is 7.89. The molecule has 2 heteroatoms. The predicted octanol–water partition coefficient (Wildman–Crippen LogP) is 7.25. The van der Waals surface area contributed by atoms with Gasteiger partial charge >= 0.3 is 0 Å². The maximum Gasteiger partial charge on any atom is 0.0780 e. The average molecular weight is 377 g/mol. The number of aromatic nitrogens is 1. The Kier molecular flexibility index (Phi) is 4.30. The average Bonchev–Trinajstić information content (AvgIpc) is 2.78. The summed E-state index contributed by atoms with van der Waals surface area (Å²) >= 11 is 0. The van der Waals surface area contributed by atoms with E-state index in [1.165, 1.54) is 63.6 Å². The molecule has 0 saturated heterocycles. The van der Waals surface area contributed by atoms with E-state index in [0.717, 1.165) is 5.69 Å². The van der Waals surface area contributed by atoms with Gasteiger partial charge in [0.2, 0.25) is 0 Å². The highest BCUT2D eigenvalue weighted by molar-refractivity contribution is 6.10. The van der Waals surface area contributed by atoms with Crippen LogP contribution in [-0.4, -0.2) is 4.98 Å². The van der Waals surface area contributed by atoms with Crippen LogP contribution < -0.4 is 6.15 Å².